The minimum Gasteiger partial charge on any atom is -0.465 e. The predicted octanol–water partition coefficient (Wildman–Crippen LogP) is 1.62. The van der Waals surface area contributed by atoms with E-state index < -0.39 is 18.0 Å². The zero-order valence-electron chi connectivity index (χ0n) is 18.5. The fourth-order valence-electron chi connectivity index (χ4n) is 4.77. The molecule has 1 aromatic rings. The fourth-order valence-corrected chi connectivity index (χ4v) is 4.77. The van der Waals surface area contributed by atoms with Crippen molar-refractivity contribution < 1.29 is 28.7 Å². The molecule has 0 spiro atoms. The lowest BCUT2D eigenvalue weighted by molar-refractivity contribution is -0.175. The Balaban J connectivity index is 1.43. The summed E-state index contributed by atoms with van der Waals surface area (Å²) in [6.45, 7) is 0.779. The summed E-state index contributed by atoms with van der Waals surface area (Å²) in [6.07, 6.45) is 3.39. The van der Waals surface area contributed by atoms with Gasteiger partial charge in [0.2, 0.25) is 5.91 Å². The average Bonchev–Trinajstić information content (AvgIpc) is 3.20. The fraction of sp³-hybridized carbons (Fsp3) is 0.542. The monoisotopic (exact) mass is 455 g/mol. The second-order valence-corrected chi connectivity index (χ2v) is 8.90. The van der Waals surface area contributed by atoms with Crippen LogP contribution in [0.1, 0.15) is 61.7 Å². The lowest BCUT2D eigenvalue weighted by Crippen LogP contribution is -2.62. The summed E-state index contributed by atoms with van der Waals surface area (Å²) < 4.78 is 4.97. The number of esters is 1. The zero-order valence-corrected chi connectivity index (χ0v) is 18.5. The summed E-state index contributed by atoms with van der Waals surface area (Å²) >= 11 is 0. The Morgan fingerprint density at radius 2 is 1.88 bits per heavy atom. The number of ether oxygens (including phenoxy) is 1. The minimum absolute atomic E-state index is 0.0962. The molecule has 0 radical (unpaired) electrons. The molecule has 1 N–H and O–H groups in total. The summed E-state index contributed by atoms with van der Waals surface area (Å²) in [7, 11) is 0. The standard InChI is InChI=1S/C24H29N3O6/c28-20(10-4-6-16-14-22(30)33-15-16)19-9-5-13-26-21(29)12-11-18(24(32)27(19)26)25-23(31)17-7-2-1-3-8-17/h1-3,7-8,16,18-19H,4-6,9-15H2,(H,25,31)/t16-,18+,19-/m0/s1. The Kier molecular flexibility index (Phi) is 7.05. The number of carbonyl (C=O) groups is 5. The van der Waals surface area contributed by atoms with Gasteiger partial charge >= 0.3 is 5.97 Å². The molecule has 3 aliphatic rings. The number of hydrogen-bond acceptors (Lipinski definition) is 6. The van der Waals surface area contributed by atoms with Crippen LogP contribution < -0.4 is 5.32 Å². The van der Waals surface area contributed by atoms with Crippen LogP contribution >= 0.6 is 0 Å². The lowest BCUT2D eigenvalue weighted by Gasteiger charge is -2.43. The van der Waals surface area contributed by atoms with Crippen LogP contribution in [0.3, 0.4) is 0 Å². The molecule has 0 aliphatic carbocycles. The number of carbonyl (C=O) groups excluding carboxylic acids is 5. The summed E-state index contributed by atoms with van der Waals surface area (Å²) in [5, 5.41) is 5.46. The normalized spacial score (nSPS) is 25.3. The van der Waals surface area contributed by atoms with Crippen molar-refractivity contribution >= 4 is 29.5 Å². The molecule has 176 valence electrons. The minimum atomic E-state index is -0.873. The predicted molar refractivity (Wildman–Crippen MR) is 116 cm³/mol. The summed E-state index contributed by atoms with van der Waals surface area (Å²) in [5.41, 5.74) is 0.429. The number of cyclic esters (lactones) is 1. The lowest BCUT2D eigenvalue weighted by atomic mass is 9.95. The molecule has 3 heterocycles. The van der Waals surface area contributed by atoms with E-state index in [9.17, 15) is 24.0 Å². The van der Waals surface area contributed by atoms with E-state index in [0.29, 0.717) is 50.8 Å². The maximum Gasteiger partial charge on any atom is 0.306 e. The van der Waals surface area contributed by atoms with E-state index in [2.05, 4.69) is 5.32 Å². The van der Waals surface area contributed by atoms with Crippen LogP contribution in [0.5, 0.6) is 0 Å². The molecule has 33 heavy (non-hydrogen) atoms. The molecular weight excluding hydrogens is 426 g/mol. The van der Waals surface area contributed by atoms with Gasteiger partial charge in [0.25, 0.3) is 11.8 Å². The van der Waals surface area contributed by atoms with Crippen LogP contribution in [0.15, 0.2) is 30.3 Å². The molecule has 0 unspecified atom stereocenters. The first-order chi connectivity index (χ1) is 15.9. The van der Waals surface area contributed by atoms with Gasteiger partial charge in [0.05, 0.1) is 13.0 Å². The molecule has 0 bridgehead atoms. The van der Waals surface area contributed by atoms with E-state index in [1.54, 1.807) is 30.3 Å². The molecule has 3 saturated heterocycles. The number of ketones is 1. The van der Waals surface area contributed by atoms with Crippen molar-refractivity contribution in [1.29, 1.82) is 0 Å². The summed E-state index contributed by atoms with van der Waals surface area (Å²) in [4.78, 5) is 63.2. The van der Waals surface area contributed by atoms with E-state index in [0.717, 1.165) is 0 Å². The molecule has 4 rings (SSSR count). The van der Waals surface area contributed by atoms with Crippen LogP contribution in [-0.4, -0.2) is 64.7 Å². The highest BCUT2D eigenvalue weighted by molar-refractivity contribution is 5.99. The SMILES string of the molecule is O=C1C[C@H](CCCC(=O)[C@@H]2CCCN3C(=O)CC[C@@H](NC(=O)c4ccccc4)C(=O)N23)CO1. The van der Waals surface area contributed by atoms with Crippen molar-refractivity contribution in [2.75, 3.05) is 13.2 Å². The van der Waals surface area contributed by atoms with Crippen LogP contribution in [0.4, 0.5) is 0 Å². The van der Waals surface area contributed by atoms with Gasteiger partial charge < -0.3 is 10.1 Å². The number of amides is 3. The van der Waals surface area contributed by atoms with Gasteiger partial charge in [-0.3, -0.25) is 29.0 Å². The molecule has 0 saturated carbocycles. The first-order valence-electron chi connectivity index (χ1n) is 11.6. The van der Waals surface area contributed by atoms with Crippen molar-refractivity contribution in [3.05, 3.63) is 35.9 Å². The molecule has 9 nitrogen and oxygen atoms in total. The first kappa shape index (κ1) is 22.9. The number of Topliss-reactive ketones (excluding diaryl/α,β-unsaturated/α-hetero) is 1. The third kappa shape index (κ3) is 5.23. The Bertz CT molecular complexity index is 933. The van der Waals surface area contributed by atoms with Crippen LogP contribution in [0.2, 0.25) is 0 Å². The highest BCUT2D eigenvalue weighted by Crippen LogP contribution is 2.27. The van der Waals surface area contributed by atoms with Gasteiger partial charge in [0, 0.05) is 30.9 Å². The molecule has 0 aromatic heterocycles. The Hall–Kier alpha value is -3.23. The highest BCUT2D eigenvalue weighted by atomic mass is 16.5. The number of hydrazine groups is 1. The molecule has 3 fully saturated rings. The number of hydrogen-bond donors (Lipinski definition) is 1. The highest BCUT2D eigenvalue weighted by Gasteiger charge is 2.44. The Morgan fingerprint density at radius 1 is 1.09 bits per heavy atom. The molecular formula is C24H29N3O6. The van der Waals surface area contributed by atoms with Crippen molar-refractivity contribution in [2.24, 2.45) is 5.92 Å². The van der Waals surface area contributed by atoms with E-state index in [1.165, 1.54) is 10.0 Å². The van der Waals surface area contributed by atoms with Crippen LogP contribution in [0.25, 0.3) is 0 Å². The van der Waals surface area contributed by atoms with E-state index in [4.69, 9.17) is 4.74 Å². The Morgan fingerprint density at radius 3 is 2.61 bits per heavy atom. The number of nitrogens with one attached hydrogen (secondary N) is 1. The second-order valence-electron chi connectivity index (χ2n) is 8.90. The number of rotatable bonds is 7. The maximum absolute atomic E-state index is 13.4. The third-order valence-corrected chi connectivity index (χ3v) is 6.55. The number of fused-ring (bicyclic) bond motifs is 1. The smallest absolute Gasteiger partial charge is 0.306 e. The second kappa shape index (κ2) is 10.1. The molecule has 9 heteroatoms. The van der Waals surface area contributed by atoms with Crippen molar-refractivity contribution in [2.45, 2.75) is 63.5 Å². The van der Waals surface area contributed by atoms with Crippen molar-refractivity contribution in [1.82, 2.24) is 15.3 Å². The van der Waals surface area contributed by atoms with E-state index in [1.807, 2.05) is 0 Å². The van der Waals surface area contributed by atoms with Gasteiger partial charge in [-0.05, 0) is 44.2 Å². The van der Waals surface area contributed by atoms with Crippen molar-refractivity contribution in [3.63, 3.8) is 0 Å². The van der Waals surface area contributed by atoms with Gasteiger partial charge in [-0.25, -0.2) is 5.01 Å². The molecule has 3 amide bonds. The number of nitrogens with zero attached hydrogens (tertiary/aromatic N) is 2. The van der Waals surface area contributed by atoms with Gasteiger partial charge in [-0.1, -0.05) is 18.2 Å². The number of benzene rings is 1. The van der Waals surface area contributed by atoms with Gasteiger partial charge in [0.1, 0.15) is 12.1 Å². The van der Waals surface area contributed by atoms with Gasteiger partial charge in [-0.15, -0.1) is 0 Å². The zero-order chi connectivity index (χ0) is 23.4. The first-order valence-corrected chi connectivity index (χ1v) is 11.6. The van der Waals surface area contributed by atoms with Gasteiger partial charge in [-0.2, -0.15) is 0 Å². The van der Waals surface area contributed by atoms with Crippen LogP contribution in [-0.2, 0) is 23.9 Å². The Labute approximate surface area is 192 Å². The largest absolute Gasteiger partial charge is 0.465 e. The third-order valence-electron chi connectivity index (χ3n) is 6.55. The van der Waals surface area contributed by atoms with E-state index >= 15 is 0 Å². The molecule has 3 aliphatic heterocycles. The summed E-state index contributed by atoms with van der Waals surface area (Å²) in [5.74, 6) is -1.18. The topological polar surface area (TPSA) is 113 Å². The quantitative estimate of drug-likeness (QED) is 0.625. The molecule has 3 atom stereocenters. The summed E-state index contributed by atoms with van der Waals surface area (Å²) in [6, 6.07) is 7.00. The molecule has 1 aromatic carbocycles. The van der Waals surface area contributed by atoms with E-state index in [-0.39, 0.29) is 48.7 Å². The van der Waals surface area contributed by atoms with Crippen molar-refractivity contribution in [3.8, 4) is 0 Å². The van der Waals surface area contributed by atoms with Gasteiger partial charge in [0.15, 0.2) is 5.78 Å². The van der Waals surface area contributed by atoms with Crippen LogP contribution in [0, 0.1) is 5.92 Å². The average molecular weight is 456 g/mol. The maximum atomic E-state index is 13.4.